The molecule has 4 rings (SSSR count). The molecule has 0 radical (unpaired) electrons. The summed E-state index contributed by atoms with van der Waals surface area (Å²) in [5.74, 6) is -1.21. The molecule has 1 aromatic rings. The van der Waals surface area contributed by atoms with Crippen LogP contribution < -0.4 is 5.32 Å². The number of nitrogens with one attached hydrogen (secondary N) is 1. The topological polar surface area (TPSA) is 189 Å². The number of tetrazole rings is 1. The van der Waals surface area contributed by atoms with Gasteiger partial charge in [-0.05, 0) is 15.8 Å². The van der Waals surface area contributed by atoms with Crippen LogP contribution in [-0.2, 0) is 30.6 Å². The van der Waals surface area contributed by atoms with Gasteiger partial charge in [0, 0.05) is 34.5 Å². The molecule has 1 aromatic heterocycles. The van der Waals surface area contributed by atoms with Crippen LogP contribution in [0.25, 0.3) is 0 Å². The molecule has 2 amide bonds. The molecule has 14 nitrogen and oxygen atoms in total. The molecule has 3 atom stereocenters. The van der Waals surface area contributed by atoms with E-state index in [1.165, 1.54) is 35.5 Å². The molecule has 18 heteroatoms. The third-order valence-corrected chi connectivity index (χ3v) is 10.5. The van der Waals surface area contributed by atoms with E-state index in [0.29, 0.717) is 4.91 Å². The van der Waals surface area contributed by atoms with Gasteiger partial charge in [0.05, 0.1) is 0 Å². The molecule has 3 aliphatic rings. The van der Waals surface area contributed by atoms with Crippen LogP contribution in [0.2, 0.25) is 0 Å². The highest BCUT2D eigenvalue weighted by Gasteiger charge is 2.57. The summed E-state index contributed by atoms with van der Waals surface area (Å²) in [6.07, 6.45) is 0. The molecule has 2 saturated heterocycles. The number of fused-ring (bicyclic) bond motifs is 1. The molecule has 4 heterocycles. The number of amides is 2. The van der Waals surface area contributed by atoms with Crippen LogP contribution in [0.15, 0.2) is 20.6 Å². The Labute approximate surface area is 221 Å². The van der Waals surface area contributed by atoms with E-state index in [2.05, 4.69) is 26.0 Å². The minimum Gasteiger partial charge on any atom is -0.481 e. The molecular weight excluding hydrogens is 555 g/mol. The fourth-order valence-corrected chi connectivity index (χ4v) is 8.43. The number of carboxylic acid groups (broad SMARTS) is 2. The highest BCUT2D eigenvalue weighted by Crippen LogP contribution is 2.44. The number of thioether (sulfide) groups is 4. The molecule has 0 saturated carbocycles. The fraction of sp³-hybridized carbons (Fsp3) is 0.556. The monoisotopic (exact) mass is 575 g/mol. The Morgan fingerprint density at radius 1 is 1.36 bits per heavy atom. The first kappa shape index (κ1) is 26.6. The smallest absolute Gasteiger partial charge is 0.325 e. The van der Waals surface area contributed by atoms with Crippen molar-refractivity contribution in [3.63, 3.8) is 0 Å². The number of aromatic nitrogens is 4. The lowest BCUT2D eigenvalue weighted by molar-refractivity contribution is -0.157. The molecule has 0 aromatic carbocycles. The third-order valence-electron chi connectivity index (χ3n) is 5.43. The van der Waals surface area contributed by atoms with Crippen molar-refractivity contribution >= 4 is 76.5 Å². The Morgan fingerprint density at radius 3 is 2.83 bits per heavy atom. The first-order valence-corrected chi connectivity index (χ1v) is 14.5. The predicted octanol–water partition coefficient (Wildman–Crippen LogP) is -0.355. The zero-order valence-electron chi connectivity index (χ0n) is 18.7. The summed E-state index contributed by atoms with van der Waals surface area (Å²) in [5, 5.41) is 38.0. The van der Waals surface area contributed by atoms with Crippen LogP contribution in [0.1, 0.15) is 0 Å². The van der Waals surface area contributed by atoms with Crippen molar-refractivity contribution < 1.29 is 34.2 Å². The average molecular weight is 576 g/mol. The van der Waals surface area contributed by atoms with Crippen LogP contribution in [0.3, 0.4) is 0 Å². The zero-order valence-corrected chi connectivity index (χ0v) is 22.0. The normalized spacial score (nSPS) is 25.9. The second kappa shape index (κ2) is 11.3. The van der Waals surface area contributed by atoms with Crippen molar-refractivity contribution in [2.75, 3.05) is 36.7 Å². The van der Waals surface area contributed by atoms with Gasteiger partial charge in [-0.25, -0.2) is 4.68 Å². The van der Waals surface area contributed by atoms with Crippen LogP contribution in [0, 0.1) is 5.41 Å². The summed E-state index contributed by atoms with van der Waals surface area (Å²) in [6.45, 7) is -0.518. The summed E-state index contributed by atoms with van der Waals surface area (Å²) >= 11 is 5.32. The third kappa shape index (κ3) is 5.45. The number of carboxylic acids is 2. The number of carbonyl (C=O) groups excluding carboxylic acids is 2. The number of β-lactam (4-membered cyclic amide) rings is 1. The molecule has 36 heavy (non-hydrogen) atoms. The molecule has 194 valence electrons. The van der Waals surface area contributed by atoms with E-state index in [0.717, 1.165) is 27.9 Å². The van der Waals surface area contributed by atoms with E-state index in [9.17, 15) is 24.3 Å². The van der Waals surface area contributed by atoms with E-state index < -0.39 is 41.2 Å². The lowest BCUT2D eigenvalue weighted by atomic mass is 9.89. The van der Waals surface area contributed by atoms with E-state index in [4.69, 9.17) is 9.94 Å². The molecule has 0 bridgehead atoms. The number of oxime groups is 1. The lowest BCUT2D eigenvalue weighted by Gasteiger charge is -2.53. The average Bonchev–Trinajstić information content (AvgIpc) is 3.30. The maximum atomic E-state index is 12.9. The Bertz CT molecular complexity index is 1130. The van der Waals surface area contributed by atoms with Crippen LogP contribution in [-0.4, -0.2) is 113 Å². The summed E-state index contributed by atoms with van der Waals surface area (Å²) in [5.41, 5.74) is -1.21. The fourth-order valence-electron chi connectivity index (χ4n) is 3.63. The number of nitrogens with zero attached hydrogens (tertiary/aromatic N) is 6. The molecule has 2 unspecified atom stereocenters. The highest BCUT2D eigenvalue weighted by atomic mass is 32.2. The van der Waals surface area contributed by atoms with Crippen LogP contribution in [0.5, 0.6) is 0 Å². The van der Waals surface area contributed by atoms with Gasteiger partial charge in [0.25, 0.3) is 5.91 Å². The molecule has 3 aliphatic heterocycles. The highest BCUT2D eigenvalue weighted by molar-refractivity contribution is 8.10. The van der Waals surface area contributed by atoms with E-state index >= 15 is 0 Å². The van der Waals surface area contributed by atoms with E-state index in [-0.39, 0.29) is 34.8 Å². The van der Waals surface area contributed by atoms with Gasteiger partial charge < -0.3 is 25.3 Å². The summed E-state index contributed by atoms with van der Waals surface area (Å²) in [4.78, 5) is 56.0. The van der Waals surface area contributed by atoms with Gasteiger partial charge in [-0.15, -0.1) is 40.4 Å². The number of rotatable bonds is 10. The summed E-state index contributed by atoms with van der Waals surface area (Å²) in [6, 6.07) is -0.811. The Hall–Kier alpha value is -2.44. The predicted molar refractivity (Wildman–Crippen MR) is 134 cm³/mol. The largest absolute Gasteiger partial charge is 0.481 e. The van der Waals surface area contributed by atoms with Gasteiger partial charge in [-0.1, -0.05) is 16.9 Å². The number of hydrogen-bond donors (Lipinski definition) is 3. The van der Waals surface area contributed by atoms with Crippen molar-refractivity contribution in [2.45, 2.75) is 23.1 Å². The van der Waals surface area contributed by atoms with Gasteiger partial charge >= 0.3 is 11.9 Å². The Kier molecular flexibility index (Phi) is 8.36. The minimum absolute atomic E-state index is 0.0243. The van der Waals surface area contributed by atoms with E-state index in [1.54, 1.807) is 11.8 Å². The number of aliphatic carboxylic acids is 2. The summed E-state index contributed by atoms with van der Waals surface area (Å²) in [7, 11) is 1.34. The standard InChI is InChI=1S/C18H21N7O7S4/c1-32-21-11(9-5-33-2-3-34-9)13(28)19-12-14(29)24-6-18(16(30)31,7-35-15(12)24)8-36-17-20-22-23-25(17)4-10(26)27/h5,12,15H,2-4,6-8H2,1H3,(H,19,28)(H,26,27)(H,30,31)/t12?,15-,18?/m1/s1. The maximum absolute atomic E-state index is 12.9. The van der Waals surface area contributed by atoms with Gasteiger partial charge in [0.2, 0.25) is 11.1 Å². The van der Waals surface area contributed by atoms with Crippen molar-refractivity contribution in [2.24, 2.45) is 10.6 Å². The molecule has 2 fully saturated rings. The van der Waals surface area contributed by atoms with Crippen molar-refractivity contribution in [3.05, 3.63) is 10.3 Å². The van der Waals surface area contributed by atoms with Crippen LogP contribution in [0.4, 0.5) is 0 Å². The second-order valence-electron chi connectivity index (χ2n) is 7.83. The number of carbonyl (C=O) groups is 4. The molecule has 0 spiro atoms. The van der Waals surface area contributed by atoms with Crippen molar-refractivity contribution in [3.8, 4) is 0 Å². The zero-order chi connectivity index (χ0) is 25.9. The quantitative estimate of drug-likeness (QED) is 0.142. The Balaban J connectivity index is 1.41. The van der Waals surface area contributed by atoms with Gasteiger partial charge in [0.15, 0.2) is 5.71 Å². The molecular formula is C18H21N7O7S4. The lowest BCUT2D eigenvalue weighted by Crippen LogP contribution is -2.74. The number of hydrogen-bond acceptors (Lipinski definition) is 13. The van der Waals surface area contributed by atoms with E-state index in [1.807, 2.05) is 5.41 Å². The SMILES string of the molecule is CON=C(C(=O)NC1C(=O)N2CC(CSc3nnnn3CC(=O)O)(C(=O)O)CS[C@H]12)C1=CSCCS1. The van der Waals surface area contributed by atoms with Crippen LogP contribution >= 0.6 is 47.0 Å². The Morgan fingerprint density at radius 2 is 2.17 bits per heavy atom. The molecule has 3 N–H and O–H groups in total. The van der Waals surface area contributed by atoms with Crippen molar-refractivity contribution in [1.29, 1.82) is 0 Å². The molecule has 0 aliphatic carbocycles. The summed E-state index contributed by atoms with van der Waals surface area (Å²) < 4.78 is 1.07. The maximum Gasteiger partial charge on any atom is 0.325 e. The first-order valence-electron chi connectivity index (χ1n) is 10.4. The minimum atomic E-state index is -1.31. The van der Waals surface area contributed by atoms with Crippen molar-refractivity contribution in [1.82, 2.24) is 30.4 Å². The first-order chi connectivity index (χ1) is 17.3. The van der Waals surface area contributed by atoms with Gasteiger partial charge in [-0.3, -0.25) is 19.2 Å². The van der Waals surface area contributed by atoms with Gasteiger partial charge in [0.1, 0.15) is 30.5 Å². The van der Waals surface area contributed by atoms with Gasteiger partial charge in [-0.2, -0.15) is 0 Å². The second-order valence-corrected chi connectivity index (χ2v) is 12.0.